The molecule has 4 nitrogen and oxygen atoms in total. The molecule has 29 heavy (non-hydrogen) atoms. The first-order valence-corrected chi connectivity index (χ1v) is 10.4. The number of esters is 1. The molecule has 0 aliphatic rings. The number of ether oxygens (including phenoxy) is 1. The lowest BCUT2D eigenvalue weighted by Crippen LogP contribution is -2.12. The highest BCUT2D eigenvalue weighted by atomic mass is 35.5. The minimum atomic E-state index is -0.496. The molecular formula is C22H17Cl2NO3S. The Balaban J connectivity index is 1.88. The van der Waals surface area contributed by atoms with Crippen LogP contribution in [0.25, 0.3) is 17.2 Å². The van der Waals surface area contributed by atoms with E-state index in [0.717, 1.165) is 11.1 Å². The molecule has 2 aromatic carbocycles. The number of halogens is 2. The van der Waals surface area contributed by atoms with Gasteiger partial charge in [0, 0.05) is 27.1 Å². The van der Waals surface area contributed by atoms with Gasteiger partial charge in [0.05, 0.1) is 6.61 Å². The van der Waals surface area contributed by atoms with E-state index in [1.54, 1.807) is 37.3 Å². The largest absolute Gasteiger partial charge is 0.462 e. The van der Waals surface area contributed by atoms with Crippen LogP contribution in [0.5, 0.6) is 0 Å². The summed E-state index contributed by atoms with van der Waals surface area (Å²) in [6, 6.07) is 14.3. The lowest BCUT2D eigenvalue weighted by molar-refractivity contribution is -0.111. The van der Waals surface area contributed by atoms with E-state index in [-0.39, 0.29) is 12.5 Å². The highest BCUT2D eigenvalue weighted by Crippen LogP contribution is 2.36. The number of amides is 1. The van der Waals surface area contributed by atoms with Gasteiger partial charge in [0.2, 0.25) is 5.91 Å². The van der Waals surface area contributed by atoms with E-state index in [0.29, 0.717) is 26.2 Å². The molecule has 1 amide bonds. The van der Waals surface area contributed by atoms with Gasteiger partial charge in [-0.05, 0) is 42.3 Å². The van der Waals surface area contributed by atoms with Crippen molar-refractivity contribution < 1.29 is 14.3 Å². The average molecular weight is 446 g/mol. The van der Waals surface area contributed by atoms with Crippen LogP contribution in [-0.4, -0.2) is 18.5 Å². The molecular weight excluding hydrogens is 429 g/mol. The molecule has 0 unspecified atom stereocenters. The molecule has 0 saturated carbocycles. The highest BCUT2D eigenvalue weighted by molar-refractivity contribution is 7.15. The first kappa shape index (κ1) is 21.1. The molecule has 0 bridgehead atoms. The maximum absolute atomic E-state index is 12.6. The number of anilines is 1. The maximum atomic E-state index is 12.6. The van der Waals surface area contributed by atoms with Crippen LogP contribution < -0.4 is 5.32 Å². The fraction of sp³-hybridized carbons (Fsp3) is 0.0909. The van der Waals surface area contributed by atoms with Gasteiger partial charge in [0.15, 0.2) is 0 Å². The molecule has 3 rings (SSSR count). The van der Waals surface area contributed by atoms with Crippen LogP contribution in [0.3, 0.4) is 0 Å². The van der Waals surface area contributed by atoms with Crippen molar-refractivity contribution in [2.45, 2.75) is 6.92 Å². The van der Waals surface area contributed by atoms with Crippen LogP contribution in [0, 0.1) is 0 Å². The fourth-order valence-electron chi connectivity index (χ4n) is 2.63. The molecule has 0 saturated heterocycles. The summed E-state index contributed by atoms with van der Waals surface area (Å²) in [6.45, 7) is 1.96. The number of carbonyl (C=O) groups is 2. The third kappa shape index (κ3) is 5.26. The van der Waals surface area contributed by atoms with E-state index in [4.69, 9.17) is 27.9 Å². The zero-order chi connectivity index (χ0) is 20.8. The second-order valence-electron chi connectivity index (χ2n) is 5.92. The number of rotatable bonds is 6. The van der Waals surface area contributed by atoms with Crippen LogP contribution >= 0.6 is 34.5 Å². The Kier molecular flexibility index (Phi) is 7.09. The maximum Gasteiger partial charge on any atom is 0.341 e. The third-order valence-electron chi connectivity index (χ3n) is 3.98. The first-order valence-electron chi connectivity index (χ1n) is 8.77. The molecule has 7 heteroatoms. The summed E-state index contributed by atoms with van der Waals surface area (Å²) in [4.78, 5) is 25.0. The summed E-state index contributed by atoms with van der Waals surface area (Å²) in [7, 11) is 0. The van der Waals surface area contributed by atoms with Crippen molar-refractivity contribution in [1.82, 2.24) is 0 Å². The van der Waals surface area contributed by atoms with Gasteiger partial charge < -0.3 is 10.1 Å². The summed E-state index contributed by atoms with van der Waals surface area (Å²) in [5.74, 6) is -0.871. The Morgan fingerprint density at radius 2 is 1.83 bits per heavy atom. The fourth-order valence-corrected chi connectivity index (χ4v) is 3.91. The van der Waals surface area contributed by atoms with E-state index in [2.05, 4.69) is 5.32 Å². The quantitative estimate of drug-likeness (QED) is 0.345. The number of carbonyl (C=O) groups excluding carboxylic acids is 2. The molecule has 1 N–H and O–H groups in total. The van der Waals surface area contributed by atoms with Crippen LogP contribution in [0.2, 0.25) is 10.0 Å². The lowest BCUT2D eigenvalue weighted by atomic mass is 10.0. The van der Waals surface area contributed by atoms with Crippen molar-refractivity contribution in [1.29, 1.82) is 0 Å². The van der Waals surface area contributed by atoms with Crippen LogP contribution in [0.15, 0.2) is 60.0 Å². The molecule has 3 aromatic rings. The Morgan fingerprint density at radius 3 is 2.52 bits per heavy atom. The summed E-state index contributed by atoms with van der Waals surface area (Å²) in [5.41, 5.74) is 2.53. The Morgan fingerprint density at radius 1 is 1.10 bits per heavy atom. The van der Waals surface area contributed by atoms with Crippen LogP contribution in [-0.2, 0) is 9.53 Å². The van der Waals surface area contributed by atoms with E-state index in [1.807, 2.05) is 29.6 Å². The van der Waals surface area contributed by atoms with E-state index < -0.39 is 5.97 Å². The van der Waals surface area contributed by atoms with Gasteiger partial charge >= 0.3 is 5.97 Å². The SMILES string of the molecule is CCOC(=O)c1c(-c2ccc(Cl)cc2)csc1NC(=O)/C=C/c1ccccc1Cl. The topological polar surface area (TPSA) is 55.4 Å². The molecule has 0 spiro atoms. The molecule has 0 radical (unpaired) electrons. The molecule has 148 valence electrons. The summed E-state index contributed by atoms with van der Waals surface area (Å²) in [5, 5.41) is 6.13. The predicted molar refractivity (Wildman–Crippen MR) is 120 cm³/mol. The number of thiophene rings is 1. The monoisotopic (exact) mass is 445 g/mol. The second kappa shape index (κ2) is 9.74. The number of benzene rings is 2. The van der Waals surface area contributed by atoms with Gasteiger partial charge in [0.25, 0.3) is 0 Å². The van der Waals surface area contributed by atoms with Gasteiger partial charge in [-0.25, -0.2) is 4.79 Å². The molecule has 1 heterocycles. The van der Waals surface area contributed by atoms with E-state index in [9.17, 15) is 9.59 Å². The Hall–Kier alpha value is -2.60. The van der Waals surface area contributed by atoms with Crippen molar-refractivity contribution in [3.05, 3.63) is 81.2 Å². The number of hydrogen-bond acceptors (Lipinski definition) is 4. The third-order valence-corrected chi connectivity index (χ3v) is 5.47. The lowest BCUT2D eigenvalue weighted by Gasteiger charge is -2.08. The van der Waals surface area contributed by atoms with Gasteiger partial charge in [-0.3, -0.25) is 4.79 Å². The zero-order valence-corrected chi connectivity index (χ0v) is 17.8. The van der Waals surface area contributed by atoms with E-state index >= 15 is 0 Å². The second-order valence-corrected chi connectivity index (χ2v) is 7.65. The summed E-state index contributed by atoms with van der Waals surface area (Å²) < 4.78 is 5.19. The summed E-state index contributed by atoms with van der Waals surface area (Å²) >= 11 is 13.3. The molecule has 0 aliphatic heterocycles. The number of nitrogens with one attached hydrogen (secondary N) is 1. The minimum Gasteiger partial charge on any atom is -0.462 e. The molecule has 0 atom stereocenters. The van der Waals surface area contributed by atoms with Crippen molar-refractivity contribution in [3.63, 3.8) is 0 Å². The van der Waals surface area contributed by atoms with Crippen LogP contribution in [0.4, 0.5) is 5.00 Å². The average Bonchev–Trinajstić information content (AvgIpc) is 3.11. The Labute approximate surface area is 182 Å². The summed E-state index contributed by atoms with van der Waals surface area (Å²) in [6.07, 6.45) is 2.99. The van der Waals surface area contributed by atoms with Gasteiger partial charge in [-0.2, -0.15) is 0 Å². The first-order chi connectivity index (χ1) is 14.0. The zero-order valence-electron chi connectivity index (χ0n) is 15.4. The van der Waals surface area contributed by atoms with Crippen LogP contribution in [0.1, 0.15) is 22.8 Å². The molecule has 1 aromatic heterocycles. The Bertz CT molecular complexity index is 1060. The van der Waals surface area contributed by atoms with Crippen molar-refractivity contribution >= 4 is 57.5 Å². The smallest absolute Gasteiger partial charge is 0.341 e. The van der Waals surface area contributed by atoms with Gasteiger partial charge in [-0.15, -0.1) is 11.3 Å². The van der Waals surface area contributed by atoms with Gasteiger partial charge in [0.1, 0.15) is 10.6 Å². The molecule has 0 fully saturated rings. The molecule has 0 aliphatic carbocycles. The highest BCUT2D eigenvalue weighted by Gasteiger charge is 2.22. The van der Waals surface area contributed by atoms with Gasteiger partial charge in [-0.1, -0.05) is 53.5 Å². The van der Waals surface area contributed by atoms with Crippen molar-refractivity contribution in [2.75, 3.05) is 11.9 Å². The number of hydrogen-bond donors (Lipinski definition) is 1. The predicted octanol–water partition coefficient (Wildman–Crippen LogP) is 6.55. The standard InChI is InChI=1S/C22H17Cl2NO3S/c1-2-28-22(27)20-17(14-7-10-16(23)11-8-14)13-29-21(20)25-19(26)12-9-15-5-3-4-6-18(15)24/h3-13H,2H2,1H3,(H,25,26)/b12-9+. The van der Waals surface area contributed by atoms with E-state index in [1.165, 1.54) is 17.4 Å². The minimum absolute atomic E-state index is 0.231. The van der Waals surface area contributed by atoms with Crippen molar-refractivity contribution in [3.8, 4) is 11.1 Å². The normalized spacial score (nSPS) is 10.9. The van der Waals surface area contributed by atoms with Crippen molar-refractivity contribution in [2.24, 2.45) is 0 Å².